The topological polar surface area (TPSA) is 84.5 Å². The van der Waals surface area contributed by atoms with Gasteiger partial charge in [0.25, 0.3) is 5.82 Å². The summed E-state index contributed by atoms with van der Waals surface area (Å²) in [6.07, 6.45) is 17.3. The van der Waals surface area contributed by atoms with Crippen LogP contribution in [0.25, 0.3) is 23.5 Å². The van der Waals surface area contributed by atoms with Crippen LogP contribution < -0.4 is 30.0 Å². The number of carbonyl (C=O) groups excluding carboxylic acids is 2. The van der Waals surface area contributed by atoms with Crippen molar-refractivity contribution in [3.05, 3.63) is 91.0 Å². The van der Waals surface area contributed by atoms with Gasteiger partial charge >= 0.3 is 6.03 Å². The minimum atomic E-state index is -0.0434. The predicted octanol–water partition coefficient (Wildman–Crippen LogP) is 4.26. The van der Waals surface area contributed by atoms with Gasteiger partial charge in [-0.25, -0.2) is 18.8 Å². The largest absolute Gasteiger partial charge is 0.356 e. The van der Waals surface area contributed by atoms with Gasteiger partial charge in [0.2, 0.25) is 11.6 Å². The second kappa shape index (κ2) is 14.9. The molecule has 1 unspecified atom stereocenters. The standard InChI is InChI=1S/C36H43N7O2S/c1-27-41(22-11-19-37-33(44)16-6-5-15-32-35-30(26-46-32)38-36(45)39-35)24-25-43(27)34-17-8-10-21-42(34)23-18-28-12-3-4-13-29(28)31-14-7-9-20-40(31)2/h3-4,7-10,12-14,17-18,20-21,23-25,27,30,32,35H,5-6,11,15-16,19,22,26H2,1-2H3,(H-2,37,38,39,44,45)/p+2/t27?,30-,32-,35-/m0/s1. The van der Waals surface area contributed by atoms with E-state index in [0.717, 1.165) is 49.4 Å². The molecule has 46 heavy (non-hydrogen) atoms. The minimum absolute atomic E-state index is 0.0434. The molecule has 0 saturated carbocycles. The Kier molecular flexibility index (Phi) is 10.2. The summed E-state index contributed by atoms with van der Waals surface area (Å²) in [5.41, 5.74) is 3.51. The number of hydrogen-bond donors (Lipinski definition) is 3. The molecular weight excluding hydrogens is 595 g/mol. The van der Waals surface area contributed by atoms with Gasteiger partial charge in [-0.2, -0.15) is 11.8 Å². The molecule has 3 amide bonds. The first-order valence-corrected chi connectivity index (χ1v) is 17.4. The number of pyridine rings is 2. The summed E-state index contributed by atoms with van der Waals surface area (Å²) in [5.74, 6) is 2.18. The van der Waals surface area contributed by atoms with Gasteiger partial charge in [0, 0.05) is 54.9 Å². The molecule has 240 valence electrons. The van der Waals surface area contributed by atoms with Crippen LogP contribution in [0.5, 0.6) is 0 Å². The number of aromatic nitrogens is 2. The van der Waals surface area contributed by atoms with E-state index in [1.165, 1.54) is 11.3 Å². The van der Waals surface area contributed by atoms with Gasteiger partial charge in [-0.15, -0.1) is 0 Å². The van der Waals surface area contributed by atoms with Crippen molar-refractivity contribution in [1.29, 1.82) is 0 Å². The summed E-state index contributed by atoms with van der Waals surface area (Å²) in [6.45, 7) is 3.74. The van der Waals surface area contributed by atoms with E-state index < -0.39 is 0 Å². The molecule has 6 rings (SSSR count). The van der Waals surface area contributed by atoms with Crippen LogP contribution in [-0.4, -0.2) is 59.2 Å². The highest BCUT2D eigenvalue weighted by atomic mass is 32.2. The predicted molar refractivity (Wildman–Crippen MR) is 184 cm³/mol. The van der Waals surface area contributed by atoms with E-state index in [1.54, 1.807) is 0 Å². The third kappa shape index (κ3) is 7.39. The van der Waals surface area contributed by atoms with E-state index in [0.29, 0.717) is 18.2 Å². The summed E-state index contributed by atoms with van der Waals surface area (Å²) in [5, 5.41) is 9.59. The smallest absolute Gasteiger partial charge is 0.315 e. The van der Waals surface area contributed by atoms with Crippen molar-refractivity contribution in [2.24, 2.45) is 7.05 Å². The maximum absolute atomic E-state index is 12.5. The third-order valence-electron chi connectivity index (χ3n) is 9.14. The van der Waals surface area contributed by atoms with E-state index >= 15 is 0 Å². The molecule has 0 radical (unpaired) electrons. The van der Waals surface area contributed by atoms with Gasteiger partial charge in [-0.05, 0) is 56.0 Å². The lowest BCUT2D eigenvalue weighted by Crippen LogP contribution is -2.43. The van der Waals surface area contributed by atoms with Crippen LogP contribution in [0.15, 0.2) is 85.5 Å². The number of unbranched alkanes of at least 4 members (excludes halogenated alkanes) is 1. The lowest BCUT2D eigenvalue weighted by molar-refractivity contribution is -0.660. The summed E-state index contributed by atoms with van der Waals surface area (Å²) in [7, 11) is 2.07. The highest BCUT2D eigenvalue weighted by molar-refractivity contribution is 8.00. The lowest BCUT2D eigenvalue weighted by atomic mass is 10.0. The molecule has 0 bridgehead atoms. The summed E-state index contributed by atoms with van der Waals surface area (Å²) >= 11 is 1.93. The maximum Gasteiger partial charge on any atom is 0.315 e. The number of anilines is 1. The quantitative estimate of drug-likeness (QED) is 0.148. The van der Waals surface area contributed by atoms with Crippen molar-refractivity contribution >= 4 is 41.8 Å². The van der Waals surface area contributed by atoms with Gasteiger partial charge in [-0.1, -0.05) is 30.7 Å². The molecule has 0 aliphatic carbocycles. The molecular formula is C36H45N7O2S+2. The Labute approximate surface area is 276 Å². The maximum atomic E-state index is 12.5. The fourth-order valence-corrected chi connectivity index (χ4v) is 8.12. The molecule has 3 aliphatic heterocycles. The Morgan fingerprint density at radius 3 is 2.74 bits per heavy atom. The van der Waals surface area contributed by atoms with Gasteiger partial charge in [-0.3, -0.25) is 4.79 Å². The zero-order valence-electron chi connectivity index (χ0n) is 26.7. The Hall–Kier alpha value is -4.31. The molecule has 2 fully saturated rings. The van der Waals surface area contributed by atoms with E-state index in [1.807, 2.05) is 17.8 Å². The van der Waals surface area contributed by atoms with E-state index in [2.05, 4.69) is 141 Å². The fourth-order valence-electron chi connectivity index (χ4n) is 6.58. The number of nitrogens with zero attached hydrogens (tertiary/aromatic N) is 4. The molecule has 1 aromatic carbocycles. The third-order valence-corrected chi connectivity index (χ3v) is 10.6. The number of hydrogen-bond acceptors (Lipinski definition) is 5. The van der Waals surface area contributed by atoms with Crippen LogP contribution in [0.4, 0.5) is 10.6 Å². The number of aryl methyl sites for hydroxylation is 1. The van der Waals surface area contributed by atoms with Crippen LogP contribution in [0, 0.1) is 0 Å². The van der Waals surface area contributed by atoms with Gasteiger partial charge in [0.15, 0.2) is 12.4 Å². The summed E-state index contributed by atoms with van der Waals surface area (Å²) in [4.78, 5) is 28.6. The molecule has 10 heteroatoms. The molecule has 2 aromatic heterocycles. The Morgan fingerprint density at radius 2 is 1.85 bits per heavy atom. The summed E-state index contributed by atoms with van der Waals surface area (Å²) in [6, 6.07) is 21.5. The number of rotatable bonds is 13. The first kappa shape index (κ1) is 31.7. The molecule has 2 saturated heterocycles. The molecule has 0 spiro atoms. The highest BCUT2D eigenvalue weighted by Crippen LogP contribution is 2.33. The van der Waals surface area contributed by atoms with Crippen molar-refractivity contribution in [2.45, 2.75) is 62.5 Å². The van der Waals surface area contributed by atoms with Crippen LogP contribution in [0.3, 0.4) is 0 Å². The fraction of sp³-hybridized carbons (Fsp3) is 0.389. The number of carbonyl (C=O) groups is 2. The molecule has 3 aliphatic rings. The molecule has 4 atom stereocenters. The molecule has 3 N–H and O–H groups in total. The van der Waals surface area contributed by atoms with Gasteiger partial charge in [0.1, 0.15) is 13.2 Å². The monoisotopic (exact) mass is 639 g/mol. The average Bonchev–Trinajstić information content (AvgIpc) is 3.74. The zero-order valence-corrected chi connectivity index (χ0v) is 27.5. The van der Waals surface area contributed by atoms with Gasteiger partial charge < -0.3 is 20.9 Å². The van der Waals surface area contributed by atoms with E-state index in [-0.39, 0.29) is 30.2 Å². The Bertz CT molecular complexity index is 1590. The number of thioether (sulfide) groups is 1. The van der Waals surface area contributed by atoms with Crippen molar-refractivity contribution in [3.8, 4) is 11.3 Å². The van der Waals surface area contributed by atoms with E-state index in [4.69, 9.17) is 0 Å². The van der Waals surface area contributed by atoms with Crippen LogP contribution in [0.1, 0.15) is 44.6 Å². The highest BCUT2D eigenvalue weighted by Gasteiger charge is 2.42. The lowest BCUT2D eigenvalue weighted by Gasteiger charge is -2.24. The molecule has 3 aromatic rings. The van der Waals surface area contributed by atoms with E-state index in [9.17, 15) is 9.59 Å². The molecule has 5 heterocycles. The second-order valence-corrected chi connectivity index (χ2v) is 13.5. The number of urea groups is 1. The first-order valence-electron chi connectivity index (χ1n) is 16.4. The number of fused-ring (bicyclic) bond motifs is 1. The normalized spacial score (nSPS) is 21.9. The van der Waals surface area contributed by atoms with Crippen LogP contribution in [-0.2, 0) is 11.8 Å². The van der Waals surface area contributed by atoms with Crippen molar-refractivity contribution in [1.82, 2.24) is 20.9 Å². The zero-order chi connectivity index (χ0) is 31.9. The first-order chi connectivity index (χ1) is 22.5. The average molecular weight is 640 g/mol. The number of benzene rings is 1. The minimum Gasteiger partial charge on any atom is -0.356 e. The molecule has 9 nitrogen and oxygen atoms in total. The Balaban J connectivity index is 0.957. The van der Waals surface area contributed by atoms with Crippen LogP contribution in [0.2, 0.25) is 0 Å². The van der Waals surface area contributed by atoms with Crippen molar-refractivity contribution in [2.75, 3.05) is 23.7 Å². The second-order valence-electron chi connectivity index (χ2n) is 12.2. The van der Waals surface area contributed by atoms with Crippen molar-refractivity contribution < 1.29 is 18.7 Å². The Morgan fingerprint density at radius 1 is 1.02 bits per heavy atom. The van der Waals surface area contributed by atoms with Crippen LogP contribution >= 0.6 is 11.8 Å². The van der Waals surface area contributed by atoms with Crippen molar-refractivity contribution in [3.63, 3.8) is 0 Å². The number of amides is 3. The summed E-state index contributed by atoms with van der Waals surface area (Å²) < 4.78 is 4.31. The number of nitrogens with one attached hydrogen (secondary N) is 3. The SMILES string of the molecule is CC1N(CCCNC(=O)CCCC[C@@H]2SC[C@@H]3NC(=O)N[C@@H]32)C=CN1c1cccc[n+]1/C=C\c1ccccc1-c1cccc[n+]1C. The van der Waals surface area contributed by atoms with Gasteiger partial charge in [0.05, 0.1) is 30.0 Å².